The molecule has 1 aromatic carbocycles. The quantitative estimate of drug-likeness (QED) is 0.453. The minimum absolute atomic E-state index is 0.208. The molecule has 6 nitrogen and oxygen atoms in total. The predicted molar refractivity (Wildman–Crippen MR) is 72.8 cm³/mol. The van der Waals surface area contributed by atoms with Gasteiger partial charge in [0.2, 0.25) is 0 Å². The highest BCUT2D eigenvalue weighted by Gasteiger charge is 2.21. The van der Waals surface area contributed by atoms with Gasteiger partial charge in [-0.1, -0.05) is 36.9 Å². The smallest absolute Gasteiger partial charge is 0.456 e. The van der Waals surface area contributed by atoms with Crippen molar-refractivity contribution in [2.24, 2.45) is 0 Å². The lowest BCUT2D eigenvalue weighted by molar-refractivity contribution is -0.145. The van der Waals surface area contributed by atoms with Crippen LogP contribution in [0.2, 0.25) is 0 Å². The summed E-state index contributed by atoms with van der Waals surface area (Å²) in [7, 11) is -4.61. The van der Waals surface area contributed by atoms with Crippen molar-refractivity contribution in [1.29, 1.82) is 0 Å². The molecule has 1 atom stereocenters. The average molecular weight is 300 g/mol. The van der Waals surface area contributed by atoms with E-state index in [9.17, 15) is 9.36 Å². The summed E-state index contributed by atoms with van der Waals surface area (Å²) in [5.41, 5.74) is 1.07. The van der Waals surface area contributed by atoms with E-state index in [0.29, 0.717) is 6.42 Å². The zero-order valence-corrected chi connectivity index (χ0v) is 12.0. The number of phosphoric ester groups is 1. The monoisotopic (exact) mass is 300 g/mol. The summed E-state index contributed by atoms with van der Waals surface area (Å²) < 4.78 is 20.2. The van der Waals surface area contributed by atoms with Crippen LogP contribution in [-0.2, 0) is 25.0 Å². The van der Waals surface area contributed by atoms with E-state index in [1.807, 2.05) is 30.3 Å². The van der Waals surface area contributed by atoms with Gasteiger partial charge in [-0.05, 0) is 12.5 Å². The van der Waals surface area contributed by atoms with Gasteiger partial charge in [-0.25, -0.2) is 9.36 Å². The Morgan fingerprint density at radius 1 is 1.35 bits per heavy atom. The first-order valence-electron chi connectivity index (χ1n) is 5.88. The van der Waals surface area contributed by atoms with Crippen molar-refractivity contribution < 1.29 is 28.4 Å². The molecule has 0 aromatic heterocycles. The highest BCUT2D eigenvalue weighted by Crippen LogP contribution is 2.36. The highest BCUT2D eigenvalue weighted by molar-refractivity contribution is 7.46. The van der Waals surface area contributed by atoms with Crippen LogP contribution in [0.25, 0.3) is 0 Å². The normalized spacial score (nSPS) is 12.8. The van der Waals surface area contributed by atoms with Crippen LogP contribution in [0.15, 0.2) is 42.5 Å². The van der Waals surface area contributed by atoms with Crippen LogP contribution < -0.4 is 0 Å². The molecule has 20 heavy (non-hydrogen) atoms. The molecular weight excluding hydrogens is 283 g/mol. The second-order valence-corrected chi connectivity index (χ2v) is 5.52. The van der Waals surface area contributed by atoms with E-state index in [0.717, 1.165) is 5.56 Å². The number of benzene rings is 1. The largest absolute Gasteiger partial charge is 0.469 e. The molecule has 0 saturated carbocycles. The van der Waals surface area contributed by atoms with Crippen LogP contribution in [-0.4, -0.2) is 28.5 Å². The minimum atomic E-state index is -4.61. The molecule has 0 aliphatic heterocycles. The van der Waals surface area contributed by atoms with Crippen molar-refractivity contribution in [1.82, 2.24) is 0 Å². The van der Waals surface area contributed by atoms with Gasteiger partial charge in [-0.15, -0.1) is 0 Å². The topological polar surface area (TPSA) is 93.1 Å². The summed E-state index contributed by atoms with van der Waals surface area (Å²) in [6.45, 7) is 4.56. The van der Waals surface area contributed by atoms with Gasteiger partial charge in [0.25, 0.3) is 0 Å². The Morgan fingerprint density at radius 3 is 2.45 bits per heavy atom. The zero-order valence-electron chi connectivity index (χ0n) is 11.1. The lowest BCUT2D eigenvalue weighted by atomic mass is 10.1. The second kappa shape index (κ2) is 7.36. The maximum atomic E-state index is 11.5. The van der Waals surface area contributed by atoms with E-state index >= 15 is 0 Å². The first-order chi connectivity index (χ1) is 9.28. The van der Waals surface area contributed by atoms with Crippen molar-refractivity contribution in [2.45, 2.75) is 19.4 Å². The molecule has 0 bridgehead atoms. The standard InChI is InChI=1S/C13H17O6P/c1-10(2)13(14)19-12(9-18-20(15,16)17)8-11-6-4-3-5-7-11/h3-7,12H,1,8-9H2,2H3,(H2,15,16,17). The first kappa shape index (κ1) is 16.6. The third kappa shape index (κ3) is 6.63. The Morgan fingerprint density at radius 2 is 1.95 bits per heavy atom. The molecule has 2 N–H and O–H groups in total. The maximum absolute atomic E-state index is 11.5. The molecule has 0 heterocycles. The minimum Gasteiger partial charge on any atom is -0.456 e. The summed E-state index contributed by atoms with van der Waals surface area (Å²) in [5.74, 6) is -0.625. The zero-order chi connectivity index (χ0) is 15.2. The van der Waals surface area contributed by atoms with Crippen LogP contribution in [0, 0.1) is 0 Å². The van der Waals surface area contributed by atoms with Crippen LogP contribution in [0.3, 0.4) is 0 Å². The van der Waals surface area contributed by atoms with E-state index in [4.69, 9.17) is 14.5 Å². The van der Waals surface area contributed by atoms with Gasteiger partial charge < -0.3 is 14.5 Å². The van der Waals surface area contributed by atoms with E-state index in [2.05, 4.69) is 11.1 Å². The second-order valence-electron chi connectivity index (χ2n) is 4.28. The lowest BCUT2D eigenvalue weighted by Gasteiger charge is -2.18. The van der Waals surface area contributed by atoms with Crippen LogP contribution in [0.4, 0.5) is 0 Å². The molecule has 1 unspecified atom stereocenters. The van der Waals surface area contributed by atoms with Gasteiger partial charge in [0, 0.05) is 12.0 Å². The third-order valence-corrected chi connectivity index (χ3v) is 2.84. The Kier molecular flexibility index (Phi) is 6.10. The molecule has 0 aliphatic carbocycles. The van der Waals surface area contributed by atoms with Crippen molar-refractivity contribution in [3.8, 4) is 0 Å². The maximum Gasteiger partial charge on any atom is 0.469 e. The summed E-state index contributed by atoms with van der Waals surface area (Å²) in [5, 5.41) is 0. The predicted octanol–water partition coefficient (Wildman–Crippen LogP) is 1.83. The van der Waals surface area contributed by atoms with Gasteiger partial charge in [0.15, 0.2) is 0 Å². The van der Waals surface area contributed by atoms with Gasteiger partial charge in [0.1, 0.15) is 6.10 Å². The lowest BCUT2D eigenvalue weighted by Crippen LogP contribution is -2.25. The van der Waals surface area contributed by atoms with E-state index < -0.39 is 26.5 Å². The fourth-order valence-electron chi connectivity index (χ4n) is 1.44. The average Bonchev–Trinajstić information content (AvgIpc) is 2.36. The Hall–Kier alpha value is -1.46. The molecule has 0 radical (unpaired) electrons. The van der Waals surface area contributed by atoms with Gasteiger partial charge in [0.05, 0.1) is 6.61 Å². The first-order valence-corrected chi connectivity index (χ1v) is 7.41. The molecule has 0 saturated heterocycles. The summed E-state index contributed by atoms with van der Waals surface area (Å²) in [4.78, 5) is 28.9. The van der Waals surface area contributed by atoms with Crippen LogP contribution in [0.1, 0.15) is 12.5 Å². The van der Waals surface area contributed by atoms with E-state index in [1.165, 1.54) is 6.92 Å². The highest BCUT2D eigenvalue weighted by atomic mass is 31.2. The molecule has 110 valence electrons. The van der Waals surface area contributed by atoms with Crippen molar-refractivity contribution in [3.63, 3.8) is 0 Å². The fraction of sp³-hybridized carbons (Fsp3) is 0.308. The summed E-state index contributed by atoms with van der Waals surface area (Å²) >= 11 is 0. The molecule has 0 fully saturated rings. The number of esters is 1. The van der Waals surface area contributed by atoms with Crippen LogP contribution in [0.5, 0.6) is 0 Å². The Bertz CT molecular complexity index is 507. The molecular formula is C13H17O6P. The molecule has 1 rings (SSSR count). The van der Waals surface area contributed by atoms with Crippen LogP contribution >= 0.6 is 7.82 Å². The molecule has 7 heteroatoms. The molecule has 0 aliphatic rings. The SMILES string of the molecule is C=C(C)C(=O)OC(COP(=O)(O)O)Cc1ccccc1. The van der Waals surface area contributed by atoms with Crippen molar-refractivity contribution in [2.75, 3.05) is 6.61 Å². The number of carbonyl (C=O) groups is 1. The molecule has 1 aromatic rings. The number of carbonyl (C=O) groups excluding carboxylic acids is 1. The molecule has 0 spiro atoms. The van der Waals surface area contributed by atoms with Gasteiger partial charge in [-0.2, -0.15) is 0 Å². The summed E-state index contributed by atoms with van der Waals surface area (Å²) in [6, 6.07) is 9.11. The Labute approximate surface area is 117 Å². The van der Waals surface area contributed by atoms with E-state index in [-0.39, 0.29) is 5.57 Å². The Balaban J connectivity index is 2.70. The number of rotatable bonds is 7. The van der Waals surface area contributed by atoms with Crippen molar-refractivity contribution in [3.05, 3.63) is 48.0 Å². The number of phosphoric acid groups is 1. The van der Waals surface area contributed by atoms with Gasteiger partial charge >= 0.3 is 13.8 Å². The number of hydrogen-bond donors (Lipinski definition) is 2. The molecule has 0 amide bonds. The summed E-state index contributed by atoms with van der Waals surface area (Å²) in [6.07, 6.45) is -0.505. The number of ether oxygens (including phenoxy) is 1. The van der Waals surface area contributed by atoms with E-state index in [1.54, 1.807) is 0 Å². The number of hydrogen-bond acceptors (Lipinski definition) is 4. The fourth-order valence-corrected chi connectivity index (χ4v) is 1.80. The third-order valence-electron chi connectivity index (χ3n) is 2.36. The van der Waals surface area contributed by atoms with Crippen molar-refractivity contribution >= 4 is 13.8 Å². The van der Waals surface area contributed by atoms with Gasteiger partial charge in [-0.3, -0.25) is 4.52 Å².